The van der Waals surface area contributed by atoms with E-state index in [-0.39, 0.29) is 5.56 Å². The van der Waals surface area contributed by atoms with Crippen molar-refractivity contribution in [2.75, 3.05) is 0 Å². The Hall–Kier alpha value is -1.42. The summed E-state index contributed by atoms with van der Waals surface area (Å²) in [6.07, 6.45) is 4.35. The van der Waals surface area contributed by atoms with Crippen molar-refractivity contribution in [3.05, 3.63) is 46.3 Å². The number of thiazole rings is 1. The molecule has 0 aliphatic heterocycles. The van der Waals surface area contributed by atoms with Gasteiger partial charge in [0.2, 0.25) is 0 Å². The van der Waals surface area contributed by atoms with Crippen LogP contribution in [0.5, 0.6) is 0 Å². The zero-order valence-corrected chi connectivity index (χ0v) is 6.91. The Kier molecular flexibility index (Phi) is 1.75. The second-order valence-electron chi connectivity index (χ2n) is 2.17. The summed E-state index contributed by atoms with van der Waals surface area (Å²) in [5, 5.41) is 2.37. The number of rotatable bonds is 1. The molecule has 0 unspecified atom stereocenters. The lowest BCUT2D eigenvalue weighted by atomic mass is 10.5. The Morgan fingerprint density at radius 1 is 1.50 bits per heavy atom. The molecule has 59 valence electrons. The van der Waals surface area contributed by atoms with Gasteiger partial charge in [0.1, 0.15) is 6.20 Å². The lowest BCUT2D eigenvalue weighted by Gasteiger charge is -1.96. The molecule has 2 rings (SSSR count). The number of hydrogen-bond donors (Lipinski definition) is 0. The van der Waals surface area contributed by atoms with Crippen LogP contribution < -0.4 is 5.56 Å². The molecular formula is C8H5N2OS. The van der Waals surface area contributed by atoms with Crippen LogP contribution in [0.1, 0.15) is 0 Å². The minimum absolute atomic E-state index is 0.0687. The van der Waals surface area contributed by atoms with Crippen LogP contribution in [0, 0.1) is 6.20 Å². The summed E-state index contributed by atoms with van der Waals surface area (Å²) in [5.41, 5.74) is -0.0687. The molecule has 0 N–H and O–H groups in total. The molecule has 0 fully saturated rings. The molecule has 0 saturated heterocycles. The molecule has 0 atom stereocenters. The normalized spacial score (nSPS) is 10.0. The molecule has 2 aromatic rings. The molecule has 12 heavy (non-hydrogen) atoms. The number of aromatic nitrogens is 2. The van der Waals surface area contributed by atoms with E-state index in [2.05, 4.69) is 11.2 Å². The van der Waals surface area contributed by atoms with Crippen molar-refractivity contribution in [2.24, 2.45) is 0 Å². The summed E-state index contributed by atoms with van der Waals surface area (Å²) >= 11 is 1.39. The minimum Gasteiger partial charge on any atom is -0.269 e. The third kappa shape index (κ3) is 1.16. The van der Waals surface area contributed by atoms with E-state index in [0.717, 1.165) is 0 Å². The quantitative estimate of drug-likeness (QED) is 0.653. The predicted molar refractivity (Wildman–Crippen MR) is 46.5 cm³/mol. The molecule has 1 radical (unpaired) electrons. The van der Waals surface area contributed by atoms with Gasteiger partial charge >= 0.3 is 0 Å². The van der Waals surface area contributed by atoms with Gasteiger partial charge in [0.15, 0.2) is 5.13 Å². The molecule has 0 spiro atoms. The molecule has 2 heterocycles. The summed E-state index contributed by atoms with van der Waals surface area (Å²) < 4.78 is 1.49. The second-order valence-corrected chi connectivity index (χ2v) is 3.00. The zero-order chi connectivity index (χ0) is 8.39. The highest BCUT2D eigenvalue weighted by Gasteiger charge is 1.98. The molecule has 0 bridgehead atoms. The first-order valence-electron chi connectivity index (χ1n) is 3.37. The van der Waals surface area contributed by atoms with Crippen molar-refractivity contribution in [3.8, 4) is 5.13 Å². The van der Waals surface area contributed by atoms with Crippen LogP contribution in [-0.2, 0) is 0 Å². The Bertz CT molecular complexity index is 419. The van der Waals surface area contributed by atoms with Crippen molar-refractivity contribution in [2.45, 2.75) is 0 Å². The molecule has 0 amide bonds. The van der Waals surface area contributed by atoms with E-state index in [1.54, 1.807) is 23.7 Å². The van der Waals surface area contributed by atoms with Crippen LogP contribution in [0.25, 0.3) is 5.13 Å². The molecule has 2 aromatic heterocycles. The maximum absolute atomic E-state index is 11.2. The molecule has 3 nitrogen and oxygen atoms in total. The van der Waals surface area contributed by atoms with Crippen LogP contribution in [0.4, 0.5) is 0 Å². The van der Waals surface area contributed by atoms with Crippen molar-refractivity contribution in [3.63, 3.8) is 0 Å². The second kappa shape index (κ2) is 2.91. The average molecular weight is 177 g/mol. The van der Waals surface area contributed by atoms with Gasteiger partial charge in [-0.2, -0.15) is 0 Å². The van der Waals surface area contributed by atoms with E-state index in [0.29, 0.717) is 5.13 Å². The highest BCUT2D eigenvalue weighted by molar-refractivity contribution is 7.12. The molecular weight excluding hydrogens is 172 g/mol. The van der Waals surface area contributed by atoms with Gasteiger partial charge in [0.25, 0.3) is 5.56 Å². The van der Waals surface area contributed by atoms with Gasteiger partial charge in [-0.05, 0) is 6.07 Å². The van der Waals surface area contributed by atoms with Crippen LogP contribution in [-0.4, -0.2) is 9.55 Å². The first kappa shape index (κ1) is 7.24. The number of hydrogen-bond acceptors (Lipinski definition) is 3. The molecule has 0 aliphatic rings. The maximum atomic E-state index is 11.2. The van der Waals surface area contributed by atoms with Gasteiger partial charge in [-0.3, -0.25) is 9.36 Å². The Morgan fingerprint density at radius 3 is 3.08 bits per heavy atom. The standard InChI is InChI=1S/C8H5N2OS/c11-7-3-1-2-5-10(7)8-9-4-6-12-8/h1-3,5-6H. The lowest BCUT2D eigenvalue weighted by Crippen LogP contribution is -2.14. The fraction of sp³-hybridized carbons (Fsp3) is 0. The largest absolute Gasteiger partial charge is 0.269 e. The van der Waals surface area contributed by atoms with E-state index in [9.17, 15) is 4.79 Å². The van der Waals surface area contributed by atoms with E-state index >= 15 is 0 Å². The van der Waals surface area contributed by atoms with E-state index in [1.165, 1.54) is 22.0 Å². The summed E-state index contributed by atoms with van der Waals surface area (Å²) in [4.78, 5) is 15.1. The summed E-state index contributed by atoms with van der Waals surface area (Å²) in [6, 6.07) is 5.00. The van der Waals surface area contributed by atoms with Gasteiger partial charge < -0.3 is 0 Å². The highest BCUT2D eigenvalue weighted by Crippen LogP contribution is 2.06. The SMILES string of the molecule is O=c1ccccn1-c1n[c]cs1. The summed E-state index contributed by atoms with van der Waals surface area (Å²) in [7, 11) is 0. The van der Waals surface area contributed by atoms with Crippen LogP contribution in [0.15, 0.2) is 34.6 Å². The monoisotopic (exact) mass is 177 g/mol. The topological polar surface area (TPSA) is 34.9 Å². The Balaban J connectivity index is 2.63. The number of pyridine rings is 1. The molecule has 0 saturated carbocycles. The van der Waals surface area contributed by atoms with E-state index in [4.69, 9.17) is 0 Å². The molecule has 0 aromatic carbocycles. The molecule has 4 heteroatoms. The molecule has 0 aliphatic carbocycles. The van der Waals surface area contributed by atoms with Gasteiger partial charge in [-0.15, -0.1) is 11.3 Å². The first-order valence-corrected chi connectivity index (χ1v) is 4.25. The first-order chi connectivity index (χ1) is 5.88. The Morgan fingerprint density at radius 2 is 2.42 bits per heavy atom. The van der Waals surface area contributed by atoms with Gasteiger partial charge in [0, 0.05) is 17.6 Å². The third-order valence-electron chi connectivity index (χ3n) is 1.41. The summed E-state index contributed by atoms with van der Waals surface area (Å²) in [5.74, 6) is 0. The maximum Gasteiger partial charge on any atom is 0.256 e. The van der Waals surface area contributed by atoms with Crippen LogP contribution in [0.2, 0.25) is 0 Å². The lowest BCUT2D eigenvalue weighted by molar-refractivity contribution is 0.971. The summed E-state index contributed by atoms with van der Waals surface area (Å²) in [6.45, 7) is 0. The predicted octanol–water partition coefficient (Wildman–Crippen LogP) is 1.09. The highest BCUT2D eigenvalue weighted by atomic mass is 32.1. The third-order valence-corrected chi connectivity index (χ3v) is 2.13. The van der Waals surface area contributed by atoms with Gasteiger partial charge in [-0.25, -0.2) is 4.98 Å². The fourth-order valence-electron chi connectivity index (χ4n) is 0.883. The smallest absolute Gasteiger partial charge is 0.256 e. The van der Waals surface area contributed by atoms with Gasteiger partial charge in [0.05, 0.1) is 0 Å². The number of nitrogens with zero attached hydrogens (tertiary/aromatic N) is 2. The minimum atomic E-state index is -0.0687. The fourth-order valence-corrected chi connectivity index (χ4v) is 1.46. The average Bonchev–Trinajstić information content (AvgIpc) is 2.57. The van der Waals surface area contributed by atoms with E-state index < -0.39 is 0 Å². The zero-order valence-electron chi connectivity index (χ0n) is 6.10. The van der Waals surface area contributed by atoms with Crippen molar-refractivity contribution in [1.82, 2.24) is 9.55 Å². The van der Waals surface area contributed by atoms with Crippen LogP contribution in [0.3, 0.4) is 0 Å². The van der Waals surface area contributed by atoms with Crippen molar-refractivity contribution < 1.29 is 0 Å². The van der Waals surface area contributed by atoms with Crippen molar-refractivity contribution >= 4 is 11.3 Å². The van der Waals surface area contributed by atoms with Gasteiger partial charge in [-0.1, -0.05) is 6.07 Å². The van der Waals surface area contributed by atoms with E-state index in [1.807, 2.05) is 0 Å². The van der Waals surface area contributed by atoms with Crippen LogP contribution >= 0.6 is 11.3 Å². The van der Waals surface area contributed by atoms with Crippen molar-refractivity contribution in [1.29, 1.82) is 0 Å². The Labute approximate surface area is 72.9 Å².